The third-order valence-corrected chi connectivity index (χ3v) is 4.76. The van der Waals surface area contributed by atoms with Crippen molar-refractivity contribution in [2.45, 2.75) is 91.1 Å². The quantitative estimate of drug-likeness (QED) is 0.145. The summed E-state index contributed by atoms with van der Waals surface area (Å²) < 4.78 is 19.6. The van der Waals surface area contributed by atoms with Crippen LogP contribution in [0.25, 0.3) is 0 Å². The van der Waals surface area contributed by atoms with E-state index in [0.717, 1.165) is 0 Å². The molecule has 0 saturated heterocycles. The van der Waals surface area contributed by atoms with E-state index >= 15 is 0 Å². The molecule has 0 aromatic rings. The molecular formula is C24H40N2O10. The van der Waals surface area contributed by atoms with Gasteiger partial charge in [0.15, 0.2) is 0 Å². The molecule has 0 radical (unpaired) electrons. The molecule has 0 bridgehead atoms. The lowest BCUT2D eigenvalue weighted by Crippen LogP contribution is -2.42. The van der Waals surface area contributed by atoms with Crippen LogP contribution in [-0.4, -0.2) is 74.2 Å². The van der Waals surface area contributed by atoms with Crippen molar-refractivity contribution in [3.63, 3.8) is 0 Å². The van der Waals surface area contributed by atoms with Gasteiger partial charge in [-0.15, -0.1) is 0 Å². The van der Waals surface area contributed by atoms with Gasteiger partial charge in [-0.2, -0.15) is 0 Å². The largest absolute Gasteiger partial charge is 0.466 e. The van der Waals surface area contributed by atoms with Gasteiger partial charge in [0.1, 0.15) is 12.1 Å². The fourth-order valence-electron chi connectivity index (χ4n) is 3.08. The Kier molecular flexibility index (Phi) is 18.3. The lowest BCUT2D eigenvalue weighted by Gasteiger charge is -2.17. The minimum absolute atomic E-state index is 0.0461. The minimum atomic E-state index is -0.977. The van der Waals surface area contributed by atoms with Crippen molar-refractivity contribution in [3.8, 4) is 0 Å². The van der Waals surface area contributed by atoms with E-state index in [1.54, 1.807) is 27.7 Å². The number of carbonyl (C=O) groups excluding carboxylic acids is 6. The Morgan fingerprint density at radius 3 is 1.17 bits per heavy atom. The van der Waals surface area contributed by atoms with Crippen LogP contribution in [0.2, 0.25) is 0 Å². The second-order valence-electron chi connectivity index (χ2n) is 7.64. The average Bonchev–Trinajstić information content (AvgIpc) is 2.82. The molecule has 0 aliphatic rings. The predicted molar refractivity (Wildman–Crippen MR) is 127 cm³/mol. The number of unbranched alkanes of at least 4 members (excludes halogenated alkanes) is 1. The van der Waals surface area contributed by atoms with Gasteiger partial charge < -0.3 is 29.6 Å². The summed E-state index contributed by atoms with van der Waals surface area (Å²) in [5, 5.41) is 5.12. The molecule has 206 valence electrons. The molecule has 2 atom stereocenters. The normalized spacial score (nSPS) is 12.0. The summed E-state index contributed by atoms with van der Waals surface area (Å²) in [7, 11) is 0. The van der Waals surface area contributed by atoms with Crippen LogP contribution in [0.15, 0.2) is 0 Å². The SMILES string of the molecule is CCOC(=O)CC[C@@H](NC(=O)CCCCC(=O)N[C@H](CCC(=O)OCC)C(=O)OCC)C(=O)OCC. The van der Waals surface area contributed by atoms with E-state index in [9.17, 15) is 28.8 Å². The minimum Gasteiger partial charge on any atom is -0.466 e. The molecule has 2 amide bonds. The van der Waals surface area contributed by atoms with E-state index in [4.69, 9.17) is 18.9 Å². The molecule has 2 N–H and O–H groups in total. The molecule has 0 aromatic carbocycles. The molecule has 0 aliphatic carbocycles. The molecule has 0 rings (SSSR count). The summed E-state index contributed by atoms with van der Waals surface area (Å²) in [6, 6.07) is -1.95. The van der Waals surface area contributed by atoms with Gasteiger partial charge in [0.2, 0.25) is 11.8 Å². The fourth-order valence-corrected chi connectivity index (χ4v) is 3.08. The number of esters is 4. The van der Waals surface area contributed by atoms with Crippen LogP contribution >= 0.6 is 0 Å². The van der Waals surface area contributed by atoms with Gasteiger partial charge in [0, 0.05) is 25.7 Å². The van der Waals surface area contributed by atoms with Crippen molar-refractivity contribution >= 4 is 35.7 Å². The van der Waals surface area contributed by atoms with Crippen LogP contribution in [0.4, 0.5) is 0 Å². The zero-order chi connectivity index (χ0) is 27.3. The molecule has 0 unspecified atom stereocenters. The third-order valence-electron chi connectivity index (χ3n) is 4.76. The Balaban J connectivity index is 4.59. The van der Waals surface area contributed by atoms with Crippen LogP contribution < -0.4 is 10.6 Å². The van der Waals surface area contributed by atoms with Gasteiger partial charge in [-0.25, -0.2) is 9.59 Å². The topological polar surface area (TPSA) is 163 Å². The lowest BCUT2D eigenvalue weighted by atomic mass is 10.1. The number of hydrogen-bond acceptors (Lipinski definition) is 10. The standard InChI is InChI=1S/C24H40N2O10/c1-5-33-21(29)15-13-17(23(31)35-7-3)25-19(27)11-9-10-12-20(28)26-18(24(32)36-8-4)14-16-22(30)34-6-2/h17-18H,5-16H2,1-4H3,(H,25,27)(H,26,28)/t17-,18-/m1/s1. The summed E-state index contributed by atoms with van der Waals surface area (Å²) in [5.41, 5.74) is 0. The molecule has 0 spiro atoms. The van der Waals surface area contributed by atoms with Gasteiger partial charge in [0.05, 0.1) is 26.4 Å². The maximum Gasteiger partial charge on any atom is 0.328 e. The summed E-state index contributed by atoms with van der Waals surface area (Å²) in [6.45, 7) is 7.31. The average molecular weight is 517 g/mol. The van der Waals surface area contributed by atoms with Gasteiger partial charge in [-0.1, -0.05) is 0 Å². The maximum absolute atomic E-state index is 12.3. The molecule has 36 heavy (non-hydrogen) atoms. The van der Waals surface area contributed by atoms with Crippen LogP contribution in [0.1, 0.15) is 79.1 Å². The Morgan fingerprint density at radius 1 is 0.528 bits per heavy atom. The number of ether oxygens (including phenoxy) is 4. The zero-order valence-electron chi connectivity index (χ0n) is 21.7. The number of amides is 2. The first-order valence-corrected chi connectivity index (χ1v) is 12.4. The van der Waals surface area contributed by atoms with E-state index in [-0.39, 0.29) is 65.0 Å². The molecule has 0 fully saturated rings. The zero-order valence-corrected chi connectivity index (χ0v) is 21.7. The number of carbonyl (C=O) groups is 6. The Morgan fingerprint density at radius 2 is 0.861 bits per heavy atom. The summed E-state index contributed by atoms with van der Waals surface area (Å²) in [6.07, 6.45) is 0.795. The number of nitrogens with one attached hydrogen (secondary N) is 2. The van der Waals surface area contributed by atoms with E-state index in [1.165, 1.54) is 0 Å². The summed E-state index contributed by atoms with van der Waals surface area (Å²) in [5.74, 6) is -3.07. The number of hydrogen-bond donors (Lipinski definition) is 2. The van der Waals surface area contributed by atoms with Gasteiger partial charge in [-0.05, 0) is 53.4 Å². The highest BCUT2D eigenvalue weighted by molar-refractivity contribution is 5.86. The van der Waals surface area contributed by atoms with Crippen LogP contribution in [0.3, 0.4) is 0 Å². The van der Waals surface area contributed by atoms with Crippen LogP contribution in [0.5, 0.6) is 0 Å². The monoisotopic (exact) mass is 516 g/mol. The summed E-state index contributed by atoms with van der Waals surface area (Å²) in [4.78, 5) is 71.9. The summed E-state index contributed by atoms with van der Waals surface area (Å²) >= 11 is 0. The first-order chi connectivity index (χ1) is 17.2. The molecule has 12 nitrogen and oxygen atoms in total. The molecule has 0 aromatic heterocycles. The predicted octanol–water partition coefficient (Wildman–Crippen LogP) is 1.33. The van der Waals surface area contributed by atoms with E-state index < -0.39 is 47.8 Å². The van der Waals surface area contributed by atoms with Crippen molar-refractivity contribution in [1.82, 2.24) is 10.6 Å². The number of rotatable bonds is 19. The van der Waals surface area contributed by atoms with E-state index in [1.807, 2.05) is 0 Å². The molecular weight excluding hydrogens is 476 g/mol. The van der Waals surface area contributed by atoms with Crippen LogP contribution in [-0.2, 0) is 47.7 Å². The van der Waals surface area contributed by atoms with Crippen LogP contribution in [0, 0.1) is 0 Å². The van der Waals surface area contributed by atoms with Crippen molar-refractivity contribution in [3.05, 3.63) is 0 Å². The highest BCUT2D eigenvalue weighted by Gasteiger charge is 2.24. The van der Waals surface area contributed by atoms with Crippen molar-refractivity contribution in [2.75, 3.05) is 26.4 Å². The van der Waals surface area contributed by atoms with Gasteiger partial charge in [0.25, 0.3) is 0 Å². The maximum atomic E-state index is 12.3. The van der Waals surface area contributed by atoms with Crippen molar-refractivity contribution in [1.29, 1.82) is 0 Å². The van der Waals surface area contributed by atoms with Gasteiger partial charge >= 0.3 is 23.9 Å². The smallest absolute Gasteiger partial charge is 0.328 e. The highest BCUT2D eigenvalue weighted by Crippen LogP contribution is 2.07. The molecule has 0 heterocycles. The first-order valence-electron chi connectivity index (χ1n) is 12.4. The Bertz CT molecular complexity index is 666. The highest BCUT2D eigenvalue weighted by atomic mass is 16.5. The van der Waals surface area contributed by atoms with Crippen molar-refractivity contribution < 1.29 is 47.7 Å². The lowest BCUT2D eigenvalue weighted by molar-refractivity contribution is -0.150. The first kappa shape index (κ1) is 32.8. The second-order valence-corrected chi connectivity index (χ2v) is 7.64. The van der Waals surface area contributed by atoms with Gasteiger partial charge in [-0.3, -0.25) is 19.2 Å². The van der Waals surface area contributed by atoms with E-state index in [0.29, 0.717) is 12.8 Å². The van der Waals surface area contributed by atoms with E-state index in [2.05, 4.69) is 10.6 Å². The molecule has 12 heteroatoms. The Hall–Kier alpha value is -3.18. The van der Waals surface area contributed by atoms with Crippen molar-refractivity contribution in [2.24, 2.45) is 0 Å². The molecule has 0 aliphatic heterocycles. The molecule has 0 saturated carbocycles. The third kappa shape index (κ3) is 15.7. The fraction of sp³-hybridized carbons (Fsp3) is 0.750. The second kappa shape index (κ2) is 20.1. The Labute approximate surface area is 212 Å².